The summed E-state index contributed by atoms with van der Waals surface area (Å²) in [6.45, 7) is 12.1. The number of halogens is 1. The molecular formula is C20H33IN4O. The van der Waals surface area contributed by atoms with Gasteiger partial charge in [0.15, 0.2) is 5.96 Å². The second-order valence-electron chi connectivity index (χ2n) is 7.39. The van der Waals surface area contributed by atoms with E-state index in [0.717, 1.165) is 39.0 Å². The fourth-order valence-corrected chi connectivity index (χ4v) is 3.03. The van der Waals surface area contributed by atoms with E-state index in [-0.39, 0.29) is 41.8 Å². The second-order valence-corrected chi connectivity index (χ2v) is 7.39. The molecule has 1 fully saturated rings. The van der Waals surface area contributed by atoms with Crippen molar-refractivity contribution in [2.75, 3.05) is 32.7 Å². The van der Waals surface area contributed by atoms with Gasteiger partial charge >= 0.3 is 0 Å². The van der Waals surface area contributed by atoms with E-state index in [1.54, 1.807) is 0 Å². The Hall–Kier alpha value is -1.31. The normalized spacial score (nSPS) is 14.8. The molecule has 0 aromatic heterocycles. The maximum atomic E-state index is 12.2. The number of aliphatic imine (C=N–C) groups is 1. The lowest BCUT2D eigenvalue weighted by molar-refractivity contribution is -0.128. The van der Waals surface area contributed by atoms with Gasteiger partial charge < -0.3 is 15.5 Å². The summed E-state index contributed by atoms with van der Waals surface area (Å²) in [5, 5.41) is 6.63. The van der Waals surface area contributed by atoms with Crippen LogP contribution >= 0.6 is 24.0 Å². The largest absolute Gasteiger partial charge is 0.357 e. The predicted octanol–water partition coefficient (Wildman–Crippen LogP) is 3.07. The molecule has 1 aliphatic heterocycles. The van der Waals surface area contributed by atoms with Crippen molar-refractivity contribution in [3.05, 3.63) is 35.4 Å². The molecule has 0 atom stereocenters. The number of likely N-dealkylation sites (tertiary alicyclic amines) is 1. The highest BCUT2D eigenvalue weighted by Crippen LogP contribution is 2.22. The molecule has 26 heavy (non-hydrogen) atoms. The van der Waals surface area contributed by atoms with Crippen molar-refractivity contribution >= 4 is 35.8 Å². The molecule has 0 aliphatic carbocycles. The predicted molar refractivity (Wildman–Crippen MR) is 119 cm³/mol. The van der Waals surface area contributed by atoms with Gasteiger partial charge in [0.05, 0.1) is 0 Å². The molecule has 146 valence electrons. The van der Waals surface area contributed by atoms with Gasteiger partial charge in [-0.2, -0.15) is 0 Å². The molecule has 1 aromatic carbocycles. The SMILES string of the molecule is CCNC(=NCC(=O)N1CCCC1)NCC(C)(C)c1cccc(C)c1.I. The maximum Gasteiger partial charge on any atom is 0.244 e. The number of hydrogen-bond acceptors (Lipinski definition) is 2. The number of guanidine groups is 1. The molecule has 0 unspecified atom stereocenters. The molecule has 1 amide bonds. The summed E-state index contributed by atoms with van der Waals surface area (Å²) in [7, 11) is 0. The second kappa shape index (κ2) is 10.7. The van der Waals surface area contributed by atoms with Crippen molar-refractivity contribution in [3.8, 4) is 0 Å². The zero-order valence-electron chi connectivity index (χ0n) is 16.5. The number of carbonyl (C=O) groups excluding carboxylic acids is 1. The minimum absolute atomic E-state index is 0. The summed E-state index contributed by atoms with van der Waals surface area (Å²) in [6.07, 6.45) is 2.22. The summed E-state index contributed by atoms with van der Waals surface area (Å²) < 4.78 is 0. The van der Waals surface area contributed by atoms with Crippen LogP contribution in [0.2, 0.25) is 0 Å². The van der Waals surface area contributed by atoms with Gasteiger partial charge in [-0.05, 0) is 32.3 Å². The standard InChI is InChI=1S/C20H32N4O.HI/c1-5-21-19(22-14-18(25)24-11-6-7-12-24)23-15-20(3,4)17-10-8-9-16(2)13-17;/h8-10,13H,5-7,11-12,14-15H2,1-4H3,(H2,21,22,23);1H. The minimum atomic E-state index is -0.0266. The summed E-state index contributed by atoms with van der Waals surface area (Å²) >= 11 is 0. The van der Waals surface area contributed by atoms with E-state index in [1.165, 1.54) is 11.1 Å². The van der Waals surface area contributed by atoms with Crippen molar-refractivity contribution in [2.45, 2.75) is 46.0 Å². The van der Waals surface area contributed by atoms with E-state index in [4.69, 9.17) is 0 Å². The first-order valence-corrected chi connectivity index (χ1v) is 9.29. The van der Waals surface area contributed by atoms with Crippen LogP contribution in [-0.4, -0.2) is 49.5 Å². The average molecular weight is 472 g/mol. The molecule has 1 heterocycles. The quantitative estimate of drug-likeness (QED) is 0.380. The number of aryl methyl sites for hydroxylation is 1. The number of nitrogens with zero attached hydrogens (tertiary/aromatic N) is 2. The Labute approximate surface area is 175 Å². The molecule has 5 nitrogen and oxygen atoms in total. The first-order chi connectivity index (χ1) is 11.9. The Morgan fingerprint density at radius 3 is 2.54 bits per heavy atom. The van der Waals surface area contributed by atoms with Crippen LogP contribution in [-0.2, 0) is 10.2 Å². The maximum absolute atomic E-state index is 12.2. The third-order valence-electron chi connectivity index (χ3n) is 4.67. The zero-order chi connectivity index (χ0) is 18.3. The van der Waals surface area contributed by atoms with Gasteiger partial charge in [0, 0.05) is 31.6 Å². The third kappa shape index (κ3) is 6.78. The van der Waals surface area contributed by atoms with Crippen LogP contribution < -0.4 is 10.6 Å². The number of rotatable bonds is 6. The van der Waals surface area contributed by atoms with E-state index in [1.807, 2.05) is 11.8 Å². The number of nitrogens with one attached hydrogen (secondary N) is 2. The topological polar surface area (TPSA) is 56.7 Å². The molecule has 1 aliphatic rings. The van der Waals surface area contributed by atoms with Gasteiger partial charge in [0.25, 0.3) is 0 Å². The highest BCUT2D eigenvalue weighted by atomic mass is 127. The van der Waals surface area contributed by atoms with Gasteiger partial charge in [0.1, 0.15) is 6.54 Å². The Kier molecular flexibility index (Phi) is 9.39. The van der Waals surface area contributed by atoms with Crippen molar-refractivity contribution in [1.82, 2.24) is 15.5 Å². The lowest BCUT2D eigenvalue weighted by Gasteiger charge is -2.27. The summed E-state index contributed by atoms with van der Waals surface area (Å²) in [6, 6.07) is 8.60. The molecule has 0 saturated carbocycles. The smallest absolute Gasteiger partial charge is 0.244 e. The van der Waals surface area contributed by atoms with Crippen LogP contribution in [0.5, 0.6) is 0 Å². The van der Waals surface area contributed by atoms with Gasteiger partial charge in [0.2, 0.25) is 5.91 Å². The molecule has 2 N–H and O–H groups in total. The lowest BCUT2D eigenvalue weighted by atomic mass is 9.84. The first-order valence-electron chi connectivity index (χ1n) is 9.29. The lowest BCUT2D eigenvalue weighted by Crippen LogP contribution is -2.44. The van der Waals surface area contributed by atoms with Crippen LogP contribution in [0.15, 0.2) is 29.3 Å². The van der Waals surface area contributed by atoms with Crippen LogP contribution in [0.3, 0.4) is 0 Å². The zero-order valence-corrected chi connectivity index (χ0v) is 18.8. The van der Waals surface area contributed by atoms with E-state index in [2.05, 4.69) is 60.7 Å². The molecule has 0 radical (unpaired) electrons. The van der Waals surface area contributed by atoms with Gasteiger partial charge in [-0.3, -0.25) is 4.79 Å². The van der Waals surface area contributed by atoms with Gasteiger partial charge in [-0.15, -0.1) is 24.0 Å². The molecular weight excluding hydrogens is 439 g/mol. The van der Waals surface area contributed by atoms with Crippen LogP contribution in [0.4, 0.5) is 0 Å². The fraction of sp³-hybridized carbons (Fsp3) is 0.600. The van der Waals surface area contributed by atoms with E-state index in [0.29, 0.717) is 5.96 Å². The van der Waals surface area contributed by atoms with Crippen molar-refractivity contribution in [2.24, 2.45) is 4.99 Å². The van der Waals surface area contributed by atoms with Crippen molar-refractivity contribution in [3.63, 3.8) is 0 Å². The average Bonchev–Trinajstić information content (AvgIpc) is 3.12. The first kappa shape index (κ1) is 22.7. The summed E-state index contributed by atoms with van der Waals surface area (Å²) in [4.78, 5) is 18.6. The highest BCUT2D eigenvalue weighted by Gasteiger charge is 2.21. The number of amides is 1. The van der Waals surface area contributed by atoms with Gasteiger partial charge in [-0.1, -0.05) is 43.7 Å². The van der Waals surface area contributed by atoms with E-state index < -0.39 is 0 Å². The summed E-state index contributed by atoms with van der Waals surface area (Å²) in [5.74, 6) is 0.823. The minimum Gasteiger partial charge on any atom is -0.357 e. The molecule has 1 aromatic rings. The number of benzene rings is 1. The van der Waals surface area contributed by atoms with Crippen LogP contribution in [0.25, 0.3) is 0 Å². The Morgan fingerprint density at radius 1 is 1.23 bits per heavy atom. The van der Waals surface area contributed by atoms with Crippen LogP contribution in [0.1, 0.15) is 44.7 Å². The van der Waals surface area contributed by atoms with E-state index in [9.17, 15) is 4.79 Å². The highest BCUT2D eigenvalue weighted by molar-refractivity contribution is 14.0. The fourth-order valence-electron chi connectivity index (χ4n) is 3.03. The summed E-state index contributed by atoms with van der Waals surface area (Å²) in [5.41, 5.74) is 2.53. The van der Waals surface area contributed by atoms with Crippen molar-refractivity contribution in [1.29, 1.82) is 0 Å². The molecule has 6 heteroatoms. The van der Waals surface area contributed by atoms with E-state index >= 15 is 0 Å². The number of hydrogen-bond donors (Lipinski definition) is 2. The Morgan fingerprint density at radius 2 is 1.92 bits per heavy atom. The third-order valence-corrected chi connectivity index (χ3v) is 4.67. The van der Waals surface area contributed by atoms with Crippen LogP contribution in [0, 0.1) is 6.92 Å². The Bertz CT molecular complexity index is 610. The number of carbonyl (C=O) groups is 1. The monoisotopic (exact) mass is 472 g/mol. The van der Waals surface area contributed by atoms with Gasteiger partial charge in [-0.25, -0.2) is 4.99 Å². The Balaban J connectivity index is 0.00000338. The molecule has 0 bridgehead atoms. The molecule has 0 spiro atoms. The molecule has 1 saturated heterocycles. The molecule has 2 rings (SSSR count). The van der Waals surface area contributed by atoms with Crippen molar-refractivity contribution < 1.29 is 4.79 Å².